The van der Waals surface area contributed by atoms with E-state index in [1.54, 1.807) is 12.1 Å². The van der Waals surface area contributed by atoms with Crippen molar-refractivity contribution in [1.29, 1.82) is 0 Å². The Balaban J connectivity index is 0.000000257. The summed E-state index contributed by atoms with van der Waals surface area (Å²) in [4.78, 5) is 42.5. The summed E-state index contributed by atoms with van der Waals surface area (Å²) >= 11 is 0. The van der Waals surface area contributed by atoms with Crippen molar-refractivity contribution in [2.24, 2.45) is 5.92 Å². The predicted octanol–water partition coefficient (Wildman–Crippen LogP) is 3.42. The Morgan fingerprint density at radius 1 is 0.760 bits per heavy atom. The average molecular weight is 342 g/mol. The second-order valence-corrected chi connectivity index (χ2v) is 5.45. The highest BCUT2D eigenvalue weighted by atomic mass is 16.4. The maximum Gasteiger partial charge on any atom is 0.335 e. The molecule has 0 aromatic heterocycles. The molecule has 6 heteroatoms. The van der Waals surface area contributed by atoms with Crippen LogP contribution in [0, 0.1) is 5.92 Å². The maximum absolute atomic E-state index is 11.5. The number of carbonyl (C=O) groups excluding carboxylic acids is 2. The summed E-state index contributed by atoms with van der Waals surface area (Å²) in [5, 5.41) is 17.1. The van der Waals surface area contributed by atoms with Crippen molar-refractivity contribution in [2.75, 3.05) is 0 Å². The quantitative estimate of drug-likeness (QED) is 0.636. The second kappa shape index (κ2) is 9.12. The zero-order valence-corrected chi connectivity index (χ0v) is 13.8. The lowest BCUT2D eigenvalue weighted by atomic mass is 10.0. The van der Waals surface area contributed by atoms with Crippen LogP contribution in [0.1, 0.15) is 55.3 Å². The first kappa shape index (κ1) is 19.8. The highest BCUT2D eigenvalue weighted by molar-refractivity contribution is 5.98. The lowest BCUT2D eigenvalue weighted by Gasteiger charge is -2.03. The highest BCUT2D eigenvalue weighted by Gasteiger charge is 2.10. The van der Waals surface area contributed by atoms with Crippen molar-refractivity contribution in [2.45, 2.75) is 13.8 Å². The first-order chi connectivity index (χ1) is 11.8. The Kier molecular flexibility index (Phi) is 7.21. The first-order valence-corrected chi connectivity index (χ1v) is 7.42. The minimum atomic E-state index is -0.984. The van der Waals surface area contributed by atoms with Gasteiger partial charge in [-0.15, -0.1) is 0 Å². The summed E-state index contributed by atoms with van der Waals surface area (Å²) in [5.41, 5.74) is 1.43. The molecule has 2 aromatic carbocycles. The van der Waals surface area contributed by atoms with Gasteiger partial charge in [-0.3, -0.25) is 9.59 Å². The minimum Gasteiger partial charge on any atom is -0.478 e. The Labute approximate surface area is 144 Å². The van der Waals surface area contributed by atoms with Gasteiger partial charge in [0.15, 0.2) is 5.78 Å². The average Bonchev–Trinajstić information content (AvgIpc) is 2.61. The molecule has 0 aliphatic heterocycles. The number of aldehydes is 1. The van der Waals surface area contributed by atoms with Gasteiger partial charge in [0.1, 0.15) is 6.29 Å². The van der Waals surface area contributed by atoms with Gasteiger partial charge >= 0.3 is 11.9 Å². The SMILES string of the molecule is CC(C)C(=O)c1ccc(C(=O)O)cc1.O=Cc1ccc(C(=O)O)cc1. The number of hydrogen-bond donors (Lipinski definition) is 2. The van der Waals surface area contributed by atoms with E-state index < -0.39 is 11.9 Å². The number of rotatable bonds is 5. The zero-order valence-electron chi connectivity index (χ0n) is 13.8. The van der Waals surface area contributed by atoms with Crippen molar-refractivity contribution in [3.8, 4) is 0 Å². The molecule has 0 saturated carbocycles. The van der Waals surface area contributed by atoms with Crippen LogP contribution in [0.2, 0.25) is 0 Å². The summed E-state index contributed by atoms with van der Waals surface area (Å²) in [7, 11) is 0. The van der Waals surface area contributed by atoms with Gasteiger partial charge < -0.3 is 10.2 Å². The largest absolute Gasteiger partial charge is 0.478 e. The van der Waals surface area contributed by atoms with Crippen molar-refractivity contribution >= 4 is 24.0 Å². The molecule has 0 spiro atoms. The fourth-order valence-electron chi connectivity index (χ4n) is 1.81. The highest BCUT2D eigenvalue weighted by Crippen LogP contribution is 2.10. The van der Waals surface area contributed by atoms with Crippen molar-refractivity contribution in [1.82, 2.24) is 0 Å². The lowest BCUT2D eigenvalue weighted by Crippen LogP contribution is -2.07. The van der Waals surface area contributed by atoms with E-state index in [4.69, 9.17) is 10.2 Å². The van der Waals surface area contributed by atoms with Crippen molar-refractivity contribution in [3.05, 3.63) is 70.8 Å². The summed E-state index contributed by atoms with van der Waals surface area (Å²) in [6, 6.07) is 11.7. The molecule has 0 heterocycles. The van der Waals surface area contributed by atoms with Gasteiger partial charge in [-0.25, -0.2) is 9.59 Å². The number of Topliss-reactive ketones (excluding diaryl/α,β-unsaturated/α-hetero) is 1. The predicted molar refractivity (Wildman–Crippen MR) is 91.4 cm³/mol. The van der Waals surface area contributed by atoms with Crippen LogP contribution in [0.25, 0.3) is 0 Å². The molecular formula is C19H18O6. The summed E-state index contributed by atoms with van der Waals surface area (Å²) < 4.78 is 0. The normalized spacial score (nSPS) is 9.72. The van der Waals surface area contributed by atoms with E-state index in [2.05, 4.69) is 0 Å². The molecule has 0 unspecified atom stereocenters. The third kappa shape index (κ3) is 6.02. The van der Waals surface area contributed by atoms with E-state index in [0.29, 0.717) is 17.4 Å². The van der Waals surface area contributed by atoms with Crippen LogP contribution in [-0.4, -0.2) is 34.2 Å². The lowest BCUT2D eigenvalue weighted by molar-refractivity contribution is 0.0686. The fraction of sp³-hybridized carbons (Fsp3) is 0.158. The molecule has 0 amide bonds. The number of benzene rings is 2. The Morgan fingerprint density at radius 3 is 1.44 bits per heavy atom. The van der Waals surface area contributed by atoms with E-state index in [9.17, 15) is 19.2 Å². The Bertz CT molecular complexity index is 758. The van der Waals surface area contributed by atoms with Gasteiger partial charge in [0.05, 0.1) is 11.1 Å². The molecule has 2 aromatic rings. The number of ketones is 1. The molecule has 0 atom stereocenters. The second-order valence-electron chi connectivity index (χ2n) is 5.45. The van der Waals surface area contributed by atoms with E-state index in [0.717, 1.165) is 0 Å². The number of carboxylic acid groups (broad SMARTS) is 2. The van der Waals surface area contributed by atoms with Gasteiger partial charge in [0.2, 0.25) is 0 Å². The number of carboxylic acids is 2. The summed E-state index contributed by atoms with van der Waals surface area (Å²) in [6.45, 7) is 3.63. The van der Waals surface area contributed by atoms with Gasteiger partial charge in [0.25, 0.3) is 0 Å². The van der Waals surface area contributed by atoms with Crippen molar-refractivity contribution < 1.29 is 29.4 Å². The third-order valence-electron chi connectivity index (χ3n) is 3.23. The monoisotopic (exact) mass is 342 g/mol. The van der Waals surface area contributed by atoms with E-state index in [-0.39, 0.29) is 22.8 Å². The molecule has 25 heavy (non-hydrogen) atoms. The number of aromatic carboxylic acids is 2. The molecule has 0 fully saturated rings. The van der Waals surface area contributed by atoms with Gasteiger partial charge in [-0.1, -0.05) is 38.1 Å². The molecule has 2 N–H and O–H groups in total. The first-order valence-electron chi connectivity index (χ1n) is 7.42. The maximum atomic E-state index is 11.5. The Morgan fingerprint density at radius 2 is 1.12 bits per heavy atom. The van der Waals surface area contributed by atoms with Crippen LogP contribution in [0.4, 0.5) is 0 Å². The Hall–Kier alpha value is -3.28. The van der Waals surface area contributed by atoms with Crippen LogP contribution >= 0.6 is 0 Å². The molecule has 2 rings (SSSR count). The van der Waals surface area contributed by atoms with E-state index in [1.165, 1.54) is 36.4 Å². The van der Waals surface area contributed by atoms with Crippen LogP contribution in [0.5, 0.6) is 0 Å². The van der Waals surface area contributed by atoms with Crippen LogP contribution < -0.4 is 0 Å². The molecule has 0 radical (unpaired) electrons. The van der Waals surface area contributed by atoms with Crippen LogP contribution in [0.3, 0.4) is 0 Å². The van der Waals surface area contributed by atoms with Crippen molar-refractivity contribution in [3.63, 3.8) is 0 Å². The molecule has 6 nitrogen and oxygen atoms in total. The number of hydrogen-bond acceptors (Lipinski definition) is 4. The third-order valence-corrected chi connectivity index (χ3v) is 3.23. The smallest absolute Gasteiger partial charge is 0.335 e. The zero-order chi connectivity index (χ0) is 19.0. The van der Waals surface area contributed by atoms with Crippen LogP contribution in [-0.2, 0) is 0 Å². The minimum absolute atomic E-state index is 0.0296. The molecule has 0 aliphatic rings. The fourth-order valence-corrected chi connectivity index (χ4v) is 1.81. The summed E-state index contributed by atoms with van der Waals surface area (Å²) in [6.07, 6.45) is 0.672. The van der Waals surface area contributed by atoms with E-state index in [1.807, 2.05) is 13.8 Å². The van der Waals surface area contributed by atoms with Gasteiger partial charge in [0, 0.05) is 17.0 Å². The van der Waals surface area contributed by atoms with Gasteiger partial charge in [-0.2, -0.15) is 0 Å². The number of carbonyl (C=O) groups is 4. The molecule has 0 saturated heterocycles. The molecule has 0 aliphatic carbocycles. The standard InChI is InChI=1S/C11H12O3.C8H6O3/c1-7(2)10(12)8-3-5-9(6-4-8)11(13)14;9-5-6-1-3-7(4-2-6)8(10)11/h3-7H,1-2H3,(H,13,14);1-5H,(H,10,11). The topological polar surface area (TPSA) is 109 Å². The molecule has 130 valence electrons. The van der Waals surface area contributed by atoms with E-state index >= 15 is 0 Å². The molecular weight excluding hydrogens is 324 g/mol. The van der Waals surface area contributed by atoms with Crippen LogP contribution in [0.15, 0.2) is 48.5 Å². The molecule has 0 bridgehead atoms. The summed E-state index contributed by atoms with van der Waals surface area (Å²) in [5.74, 6) is -2.00. The van der Waals surface area contributed by atoms with Gasteiger partial charge in [-0.05, 0) is 24.3 Å².